The van der Waals surface area contributed by atoms with Crippen LogP contribution in [0.1, 0.15) is 47.9 Å². The number of halogens is 3. The second-order valence-electron chi connectivity index (χ2n) is 10.8. The van der Waals surface area contributed by atoms with Gasteiger partial charge in [-0.15, -0.1) is 0 Å². The average Bonchev–Trinajstić information content (AvgIpc) is 3.56. The summed E-state index contributed by atoms with van der Waals surface area (Å²) in [5.41, 5.74) is 7.54. The molecule has 1 atom stereocenters. The van der Waals surface area contributed by atoms with Crippen molar-refractivity contribution in [3.63, 3.8) is 0 Å². The highest BCUT2D eigenvalue weighted by molar-refractivity contribution is 6.36. The van der Waals surface area contributed by atoms with Crippen LogP contribution in [0.25, 0.3) is 11.1 Å². The predicted molar refractivity (Wildman–Crippen MR) is 163 cm³/mol. The van der Waals surface area contributed by atoms with E-state index in [1.807, 2.05) is 30.3 Å². The van der Waals surface area contributed by atoms with E-state index in [1.165, 1.54) is 11.1 Å². The maximum Gasteiger partial charge on any atom is 0.414 e. The zero-order valence-electron chi connectivity index (χ0n) is 22.9. The standard InChI is InChI=1S/C33H33Cl2FN2O3/c34-24-7-11-29(31(35)20-24)30-4-1-3-23-19-25(38-17-18-40-33(38)39)8-12-28(23)32(30)22-5-9-26(10-6-22)41-27-13-16-37(21-27)15-2-14-36/h5-12,19-20,27H,1-4,13-18,21H2/t27-/m0/s1. The summed E-state index contributed by atoms with van der Waals surface area (Å²) < 4.78 is 24.1. The molecule has 41 heavy (non-hydrogen) atoms. The van der Waals surface area contributed by atoms with Crippen molar-refractivity contribution in [2.24, 2.45) is 0 Å². The summed E-state index contributed by atoms with van der Waals surface area (Å²) in [6.45, 7) is 3.23. The second kappa shape index (κ2) is 12.4. The van der Waals surface area contributed by atoms with Crippen LogP contribution in [0.4, 0.5) is 14.9 Å². The number of hydrogen-bond acceptors (Lipinski definition) is 4. The maximum absolute atomic E-state index is 12.6. The fourth-order valence-corrected chi connectivity index (χ4v) is 6.70. The Kier molecular flexibility index (Phi) is 8.52. The Balaban J connectivity index is 1.36. The van der Waals surface area contributed by atoms with Crippen LogP contribution in [-0.4, -0.2) is 56.6 Å². The molecule has 2 aliphatic heterocycles. The number of ether oxygens (including phenoxy) is 2. The molecule has 0 bridgehead atoms. The van der Waals surface area contributed by atoms with Gasteiger partial charge in [-0.1, -0.05) is 47.5 Å². The fraction of sp³-hybridized carbons (Fsp3) is 0.364. The van der Waals surface area contributed by atoms with Crippen molar-refractivity contribution in [2.45, 2.75) is 38.2 Å². The van der Waals surface area contributed by atoms with Crippen molar-refractivity contribution in [3.05, 3.63) is 93.0 Å². The summed E-state index contributed by atoms with van der Waals surface area (Å²) in [6, 6.07) is 20.2. The van der Waals surface area contributed by atoms with Crippen LogP contribution in [0.3, 0.4) is 0 Å². The number of benzene rings is 3. The molecule has 0 N–H and O–H groups in total. The minimum atomic E-state index is -0.300. The Hall–Kier alpha value is -3.06. The van der Waals surface area contributed by atoms with Crippen LogP contribution in [0.15, 0.2) is 60.7 Å². The largest absolute Gasteiger partial charge is 0.489 e. The van der Waals surface area contributed by atoms with E-state index in [1.54, 1.807) is 11.0 Å². The molecule has 5 nitrogen and oxygen atoms in total. The third-order valence-corrected chi connectivity index (χ3v) is 8.69. The van der Waals surface area contributed by atoms with Crippen molar-refractivity contribution in [1.82, 2.24) is 4.90 Å². The minimum absolute atomic E-state index is 0.109. The number of carbonyl (C=O) groups is 1. The van der Waals surface area contributed by atoms with Gasteiger partial charge in [0.15, 0.2) is 0 Å². The molecule has 6 rings (SSSR count). The molecule has 0 unspecified atom stereocenters. The van der Waals surface area contributed by atoms with Gasteiger partial charge in [0.2, 0.25) is 0 Å². The highest BCUT2D eigenvalue weighted by Gasteiger charge is 2.27. The van der Waals surface area contributed by atoms with Gasteiger partial charge in [-0.2, -0.15) is 0 Å². The summed E-state index contributed by atoms with van der Waals surface area (Å²) >= 11 is 13.0. The molecule has 3 aromatic rings. The molecule has 8 heteroatoms. The Morgan fingerprint density at radius 1 is 0.976 bits per heavy atom. The number of carbonyl (C=O) groups excluding carboxylic acids is 1. The van der Waals surface area contributed by atoms with Gasteiger partial charge in [-0.25, -0.2) is 4.79 Å². The lowest BCUT2D eigenvalue weighted by Gasteiger charge is -2.20. The quantitative estimate of drug-likeness (QED) is 0.264. The molecule has 214 valence electrons. The third kappa shape index (κ3) is 6.11. The van der Waals surface area contributed by atoms with E-state index >= 15 is 0 Å². The smallest absolute Gasteiger partial charge is 0.414 e. The van der Waals surface area contributed by atoms with Gasteiger partial charge in [-0.05, 0) is 102 Å². The van der Waals surface area contributed by atoms with E-state index in [9.17, 15) is 9.18 Å². The number of cyclic esters (lactones) is 1. The van der Waals surface area contributed by atoms with Gasteiger partial charge in [0, 0.05) is 35.4 Å². The summed E-state index contributed by atoms with van der Waals surface area (Å²) in [5, 5.41) is 1.23. The number of nitrogens with zero attached hydrogens (tertiary/aromatic N) is 2. The van der Waals surface area contributed by atoms with Gasteiger partial charge >= 0.3 is 6.09 Å². The van der Waals surface area contributed by atoms with Gasteiger partial charge < -0.3 is 9.47 Å². The number of amides is 1. The van der Waals surface area contributed by atoms with Crippen LogP contribution < -0.4 is 9.64 Å². The first-order valence-electron chi connectivity index (χ1n) is 14.3. The molecule has 0 radical (unpaired) electrons. The van der Waals surface area contributed by atoms with Crippen LogP contribution in [-0.2, 0) is 11.2 Å². The molecule has 3 aromatic carbocycles. The number of fused-ring (bicyclic) bond motifs is 1. The Labute approximate surface area is 250 Å². The van der Waals surface area contributed by atoms with Crippen molar-refractivity contribution in [1.29, 1.82) is 0 Å². The third-order valence-electron chi connectivity index (χ3n) is 8.14. The van der Waals surface area contributed by atoms with E-state index in [0.29, 0.717) is 29.6 Å². The summed E-state index contributed by atoms with van der Waals surface area (Å²) in [6.07, 6.45) is 4.00. The second-order valence-corrected chi connectivity index (χ2v) is 11.7. The fourth-order valence-electron chi connectivity index (χ4n) is 6.18. The predicted octanol–water partition coefficient (Wildman–Crippen LogP) is 8.06. The molecule has 0 saturated carbocycles. The van der Waals surface area contributed by atoms with Crippen molar-refractivity contribution < 1.29 is 18.7 Å². The highest BCUT2D eigenvalue weighted by atomic mass is 35.5. The lowest BCUT2D eigenvalue weighted by Crippen LogP contribution is -2.26. The van der Waals surface area contributed by atoms with Crippen molar-refractivity contribution in [3.8, 4) is 5.75 Å². The normalized spacial score (nSPS) is 19.3. The lowest BCUT2D eigenvalue weighted by atomic mass is 9.87. The summed E-state index contributed by atoms with van der Waals surface area (Å²) in [5.74, 6) is 0.828. The molecule has 1 amide bonds. The van der Waals surface area contributed by atoms with Crippen LogP contribution in [0.2, 0.25) is 10.0 Å². The minimum Gasteiger partial charge on any atom is -0.489 e. The number of alkyl halides is 1. The van der Waals surface area contributed by atoms with E-state index in [-0.39, 0.29) is 18.9 Å². The van der Waals surface area contributed by atoms with Gasteiger partial charge in [-0.3, -0.25) is 14.2 Å². The molecule has 2 heterocycles. The Bertz CT molecular complexity index is 1460. The monoisotopic (exact) mass is 594 g/mol. The SMILES string of the molecule is O=C1OCCN1c1ccc2c(c1)CCCC(c1ccc(Cl)cc1Cl)=C2c1ccc(O[C@H]2CCN(CCCF)C2)cc1. The Morgan fingerprint density at radius 2 is 1.80 bits per heavy atom. The van der Waals surface area contributed by atoms with Crippen LogP contribution >= 0.6 is 23.2 Å². The number of aryl methyl sites for hydroxylation is 1. The highest BCUT2D eigenvalue weighted by Crippen LogP contribution is 2.43. The van der Waals surface area contributed by atoms with Crippen LogP contribution in [0.5, 0.6) is 5.75 Å². The van der Waals surface area contributed by atoms with E-state index < -0.39 is 0 Å². The lowest BCUT2D eigenvalue weighted by molar-refractivity contribution is 0.181. The van der Waals surface area contributed by atoms with E-state index in [2.05, 4.69) is 29.2 Å². The first-order valence-corrected chi connectivity index (χ1v) is 15.1. The topological polar surface area (TPSA) is 42.0 Å². The molecule has 0 aromatic heterocycles. The average molecular weight is 596 g/mol. The molecule has 2 saturated heterocycles. The van der Waals surface area contributed by atoms with Crippen LogP contribution in [0, 0.1) is 0 Å². The number of likely N-dealkylation sites (tertiary alicyclic amines) is 1. The van der Waals surface area contributed by atoms with E-state index in [0.717, 1.165) is 79.0 Å². The summed E-state index contributed by atoms with van der Waals surface area (Å²) in [4.78, 5) is 16.2. The molecule has 2 fully saturated rings. The number of allylic oxidation sites excluding steroid dienone is 1. The molecular formula is C33H33Cl2FN2O3. The van der Waals surface area contributed by atoms with E-state index in [4.69, 9.17) is 32.7 Å². The first-order chi connectivity index (χ1) is 20.0. The van der Waals surface area contributed by atoms with Gasteiger partial charge in [0.25, 0.3) is 0 Å². The molecular weight excluding hydrogens is 562 g/mol. The summed E-state index contributed by atoms with van der Waals surface area (Å²) in [7, 11) is 0. The number of hydrogen-bond donors (Lipinski definition) is 0. The molecule has 1 aliphatic carbocycles. The van der Waals surface area contributed by atoms with Crippen molar-refractivity contribution >= 4 is 46.1 Å². The van der Waals surface area contributed by atoms with Gasteiger partial charge in [0.1, 0.15) is 18.5 Å². The molecule has 3 aliphatic rings. The zero-order chi connectivity index (χ0) is 28.3. The number of anilines is 1. The maximum atomic E-state index is 12.6. The molecule has 0 spiro atoms. The first kappa shape index (κ1) is 28.1. The van der Waals surface area contributed by atoms with Crippen molar-refractivity contribution in [2.75, 3.05) is 44.4 Å². The zero-order valence-corrected chi connectivity index (χ0v) is 24.4. The van der Waals surface area contributed by atoms with Gasteiger partial charge in [0.05, 0.1) is 13.2 Å². The Morgan fingerprint density at radius 3 is 2.56 bits per heavy atom. The number of rotatable bonds is 8.